The van der Waals surface area contributed by atoms with Crippen molar-refractivity contribution >= 4 is 5.78 Å². The molecule has 1 fully saturated rings. The van der Waals surface area contributed by atoms with E-state index < -0.39 is 0 Å². The number of rotatable bonds is 1. The van der Waals surface area contributed by atoms with Gasteiger partial charge < -0.3 is 5.32 Å². The van der Waals surface area contributed by atoms with Gasteiger partial charge in [-0.15, -0.1) is 0 Å². The zero-order valence-electron chi connectivity index (χ0n) is 6.72. The number of hydrogen-bond acceptors (Lipinski definition) is 3. The summed E-state index contributed by atoms with van der Waals surface area (Å²) in [6.45, 7) is 2.65. The molecular weight excluding hydrogens is 128 g/mol. The Labute approximate surface area is 61.4 Å². The number of hydrogen-bond donors (Lipinski definition) is 1. The lowest BCUT2D eigenvalue weighted by atomic mass is 10.1. The maximum absolute atomic E-state index is 11.1. The van der Waals surface area contributed by atoms with Crippen LogP contribution in [0.2, 0.25) is 0 Å². The van der Waals surface area contributed by atoms with Gasteiger partial charge in [-0.05, 0) is 21.0 Å². The molecule has 1 aliphatic heterocycles. The standard InChI is InChI=1S/C7H14N2O/c1-5-7(8-2)6(10)4-9(5)3/h5,7-8H,4H2,1-3H3/t5-,7-/m0/s1. The molecule has 3 heteroatoms. The second kappa shape index (κ2) is 2.68. The van der Waals surface area contributed by atoms with Crippen LogP contribution in [0, 0.1) is 0 Å². The van der Waals surface area contributed by atoms with Crippen LogP contribution >= 0.6 is 0 Å². The Morgan fingerprint density at radius 3 is 2.50 bits per heavy atom. The van der Waals surface area contributed by atoms with E-state index in [4.69, 9.17) is 0 Å². The van der Waals surface area contributed by atoms with E-state index >= 15 is 0 Å². The van der Waals surface area contributed by atoms with Gasteiger partial charge in [-0.2, -0.15) is 0 Å². The SMILES string of the molecule is CN[C@@H]1C(=O)CN(C)[C@H]1C. The Kier molecular flexibility index (Phi) is 2.06. The summed E-state index contributed by atoms with van der Waals surface area (Å²) in [6.07, 6.45) is 0. The Morgan fingerprint density at radius 1 is 1.70 bits per heavy atom. The zero-order chi connectivity index (χ0) is 7.72. The second-order valence-corrected chi connectivity index (χ2v) is 2.89. The van der Waals surface area contributed by atoms with E-state index in [1.54, 1.807) is 0 Å². The van der Waals surface area contributed by atoms with Crippen LogP contribution < -0.4 is 5.32 Å². The molecular formula is C7H14N2O. The highest BCUT2D eigenvalue weighted by Gasteiger charge is 2.33. The Hall–Kier alpha value is -0.410. The smallest absolute Gasteiger partial charge is 0.165 e. The first-order valence-electron chi connectivity index (χ1n) is 3.57. The number of carbonyl (C=O) groups is 1. The van der Waals surface area contributed by atoms with Crippen molar-refractivity contribution in [2.75, 3.05) is 20.6 Å². The molecule has 1 saturated heterocycles. The minimum Gasteiger partial charge on any atom is -0.309 e. The number of carbonyl (C=O) groups excluding carboxylic acids is 1. The first-order valence-corrected chi connectivity index (χ1v) is 3.57. The van der Waals surface area contributed by atoms with Crippen molar-refractivity contribution in [1.29, 1.82) is 0 Å². The molecule has 1 aliphatic rings. The normalized spacial score (nSPS) is 35.3. The lowest BCUT2D eigenvalue weighted by molar-refractivity contribution is -0.118. The van der Waals surface area contributed by atoms with E-state index in [-0.39, 0.29) is 6.04 Å². The molecule has 0 bridgehead atoms. The van der Waals surface area contributed by atoms with Gasteiger partial charge in [0.15, 0.2) is 5.78 Å². The molecule has 3 nitrogen and oxygen atoms in total. The van der Waals surface area contributed by atoms with Gasteiger partial charge in [0.05, 0.1) is 12.6 Å². The van der Waals surface area contributed by atoms with Crippen LogP contribution in [0.4, 0.5) is 0 Å². The average molecular weight is 142 g/mol. The average Bonchev–Trinajstić information content (AvgIpc) is 2.09. The van der Waals surface area contributed by atoms with Crippen LogP contribution in [0.25, 0.3) is 0 Å². The van der Waals surface area contributed by atoms with Crippen molar-refractivity contribution in [2.24, 2.45) is 0 Å². The summed E-state index contributed by atoms with van der Waals surface area (Å²) in [7, 11) is 3.80. The summed E-state index contributed by atoms with van der Waals surface area (Å²) in [5.74, 6) is 0.303. The Bertz CT molecular complexity index is 147. The molecule has 0 aromatic heterocycles. The summed E-state index contributed by atoms with van der Waals surface area (Å²) < 4.78 is 0. The van der Waals surface area contributed by atoms with Crippen LogP contribution in [-0.2, 0) is 4.79 Å². The molecule has 0 aromatic carbocycles. The number of nitrogens with zero attached hydrogens (tertiary/aromatic N) is 1. The lowest BCUT2D eigenvalue weighted by Crippen LogP contribution is -2.39. The Morgan fingerprint density at radius 2 is 2.30 bits per heavy atom. The maximum atomic E-state index is 11.1. The summed E-state index contributed by atoms with van der Waals surface area (Å²) >= 11 is 0. The zero-order valence-corrected chi connectivity index (χ0v) is 6.72. The van der Waals surface area contributed by atoms with Gasteiger partial charge in [-0.25, -0.2) is 0 Å². The third-order valence-corrected chi connectivity index (χ3v) is 2.24. The largest absolute Gasteiger partial charge is 0.309 e. The molecule has 1 N–H and O–H groups in total. The fourth-order valence-electron chi connectivity index (χ4n) is 1.41. The molecule has 0 unspecified atom stereocenters. The molecule has 10 heavy (non-hydrogen) atoms. The van der Waals surface area contributed by atoms with Gasteiger partial charge in [-0.3, -0.25) is 9.69 Å². The van der Waals surface area contributed by atoms with Gasteiger partial charge in [0.1, 0.15) is 0 Å². The molecule has 0 radical (unpaired) electrons. The highest BCUT2D eigenvalue weighted by Crippen LogP contribution is 2.10. The number of nitrogens with one attached hydrogen (secondary N) is 1. The van der Waals surface area contributed by atoms with Gasteiger partial charge in [-0.1, -0.05) is 0 Å². The summed E-state index contributed by atoms with van der Waals surface area (Å²) in [5, 5.41) is 3.00. The monoisotopic (exact) mass is 142 g/mol. The predicted octanol–water partition coefficient (Wildman–Crippen LogP) is -0.523. The van der Waals surface area contributed by atoms with Crippen LogP contribution in [0.15, 0.2) is 0 Å². The molecule has 0 aliphatic carbocycles. The van der Waals surface area contributed by atoms with E-state index in [2.05, 4.69) is 17.1 Å². The van der Waals surface area contributed by atoms with Crippen molar-refractivity contribution in [1.82, 2.24) is 10.2 Å². The minimum atomic E-state index is 0.0463. The fourth-order valence-corrected chi connectivity index (χ4v) is 1.41. The number of likely N-dealkylation sites (N-methyl/N-ethyl adjacent to an activating group) is 2. The molecule has 0 spiro atoms. The van der Waals surface area contributed by atoms with Crippen molar-refractivity contribution in [3.05, 3.63) is 0 Å². The molecule has 2 atom stereocenters. The van der Waals surface area contributed by atoms with Crippen LogP contribution in [-0.4, -0.2) is 43.4 Å². The first kappa shape index (κ1) is 7.69. The van der Waals surface area contributed by atoms with E-state index in [1.807, 2.05) is 14.1 Å². The molecule has 0 amide bonds. The van der Waals surface area contributed by atoms with E-state index in [1.165, 1.54) is 0 Å². The number of Topliss-reactive ketones (excluding diaryl/α,β-unsaturated/α-hetero) is 1. The lowest BCUT2D eigenvalue weighted by Gasteiger charge is -2.17. The molecule has 0 saturated carbocycles. The summed E-state index contributed by atoms with van der Waals surface area (Å²) in [5.41, 5.74) is 0. The highest BCUT2D eigenvalue weighted by atomic mass is 16.1. The predicted molar refractivity (Wildman–Crippen MR) is 39.9 cm³/mol. The fraction of sp³-hybridized carbons (Fsp3) is 0.857. The maximum Gasteiger partial charge on any atom is 0.165 e. The molecule has 0 aromatic rings. The topological polar surface area (TPSA) is 32.3 Å². The molecule has 58 valence electrons. The number of ketones is 1. The summed E-state index contributed by atoms with van der Waals surface area (Å²) in [6, 6.07) is 0.391. The van der Waals surface area contributed by atoms with Crippen LogP contribution in [0.3, 0.4) is 0 Å². The van der Waals surface area contributed by atoms with Gasteiger partial charge in [0.25, 0.3) is 0 Å². The van der Waals surface area contributed by atoms with Gasteiger partial charge >= 0.3 is 0 Å². The van der Waals surface area contributed by atoms with Crippen molar-refractivity contribution in [3.63, 3.8) is 0 Å². The number of likely N-dealkylation sites (tertiary alicyclic amines) is 1. The highest BCUT2D eigenvalue weighted by molar-refractivity contribution is 5.88. The minimum absolute atomic E-state index is 0.0463. The molecule has 1 rings (SSSR count). The third kappa shape index (κ3) is 1.07. The van der Waals surface area contributed by atoms with Crippen LogP contribution in [0.5, 0.6) is 0 Å². The quantitative estimate of drug-likeness (QED) is 0.534. The van der Waals surface area contributed by atoms with Crippen molar-refractivity contribution < 1.29 is 4.79 Å². The first-order chi connectivity index (χ1) is 4.66. The second-order valence-electron chi connectivity index (χ2n) is 2.89. The third-order valence-electron chi connectivity index (χ3n) is 2.24. The summed E-state index contributed by atoms with van der Waals surface area (Å²) in [4.78, 5) is 13.2. The van der Waals surface area contributed by atoms with E-state index in [0.717, 1.165) is 0 Å². The van der Waals surface area contributed by atoms with E-state index in [9.17, 15) is 4.79 Å². The molecule has 1 heterocycles. The van der Waals surface area contributed by atoms with Gasteiger partial charge in [0.2, 0.25) is 0 Å². The van der Waals surface area contributed by atoms with Gasteiger partial charge in [0, 0.05) is 6.04 Å². The van der Waals surface area contributed by atoms with Crippen molar-refractivity contribution in [2.45, 2.75) is 19.0 Å². The van der Waals surface area contributed by atoms with Crippen LogP contribution in [0.1, 0.15) is 6.92 Å². The Balaban J connectivity index is 2.64. The van der Waals surface area contributed by atoms with E-state index in [0.29, 0.717) is 18.4 Å². The van der Waals surface area contributed by atoms with Crippen molar-refractivity contribution in [3.8, 4) is 0 Å².